The molecule has 4 heteroatoms. The van der Waals surface area contributed by atoms with Gasteiger partial charge in [0.15, 0.2) is 0 Å². The molecule has 192 valence electrons. The Morgan fingerprint density at radius 2 is 1.56 bits per heavy atom. The van der Waals surface area contributed by atoms with E-state index in [0.717, 1.165) is 44.9 Å². The van der Waals surface area contributed by atoms with Crippen LogP contribution >= 0.6 is 0 Å². The molecule has 5 aliphatic carbocycles. The molecule has 2 N–H and O–H groups in total. The van der Waals surface area contributed by atoms with Gasteiger partial charge in [0.1, 0.15) is 0 Å². The van der Waals surface area contributed by atoms with Crippen molar-refractivity contribution in [2.24, 2.45) is 56.7 Å². The van der Waals surface area contributed by atoms with Gasteiger partial charge in [-0.1, -0.05) is 46.8 Å². The highest BCUT2D eigenvalue weighted by molar-refractivity contribution is 5.76. The minimum absolute atomic E-state index is 0.0393. The number of aliphatic carboxylic acids is 1. The van der Waals surface area contributed by atoms with E-state index in [9.17, 15) is 15.2 Å². The summed E-state index contributed by atoms with van der Waals surface area (Å²) in [5.41, 5.74) is 1.24. The Labute approximate surface area is 206 Å². The molecule has 5 fully saturated rings. The van der Waals surface area contributed by atoms with Crippen molar-refractivity contribution >= 4 is 5.97 Å². The van der Waals surface area contributed by atoms with Gasteiger partial charge in [0.05, 0.1) is 11.5 Å². The van der Waals surface area contributed by atoms with Crippen LogP contribution < -0.4 is 0 Å². The van der Waals surface area contributed by atoms with Crippen LogP contribution in [0, 0.1) is 56.7 Å². The molecule has 5 saturated carbocycles. The molecule has 0 amide bonds. The Morgan fingerprint density at radius 1 is 0.853 bits per heavy atom. The van der Waals surface area contributed by atoms with E-state index in [1.165, 1.54) is 24.8 Å². The highest BCUT2D eigenvalue weighted by Crippen LogP contribution is 2.77. The first-order chi connectivity index (χ1) is 15.8. The Kier molecular flexibility index (Phi) is 5.52. The number of carboxylic acid groups (broad SMARTS) is 1. The Morgan fingerprint density at radius 3 is 2.18 bits per heavy atom. The number of carboxylic acids is 1. The lowest BCUT2D eigenvalue weighted by Gasteiger charge is -2.72. The molecule has 0 aromatic rings. The fraction of sp³-hybridized carbons (Fsp3) is 0.900. The zero-order valence-corrected chi connectivity index (χ0v) is 22.5. The highest BCUT2D eigenvalue weighted by Gasteiger charge is 2.72. The second-order valence-electron chi connectivity index (χ2n) is 14.6. The summed E-state index contributed by atoms with van der Waals surface area (Å²) >= 11 is 0. The summed E-state index contributed by atoms with van der Waals surface area (Å²) in [5, 5.41) is 20.2. The van der Waals surface area contributed by atoms with Crippen LogP contribution in [0.25, 0.3) is 0 Å². The van der Waals surface area contributed by atoms with Gasteiger partial charge in [-0.3, -0.25) is 10.1 Å². The van der Waals surface area contributed by atoms with Gasteiger partial charge in [0.25, 0.3) is 0 Å². The summed E-state index contributed by atoms with van der Waals surface area (Å²) in [6, 6.07) is 0. The minimum Gasteiger partial charge on any atom is -0.481 e. The van der Waals surface area contributed by atoms with Gasteiger partial charge < -0.3 is 5.11 Å². The standard InChI is InChI=1S/C30H48O4/c1-18(2)19-10-15-30(25(31)32)17-16-28(6)20(24(19)30)8-9-22-27(5)13-12-23(34-33)26(3,4)21(27)11-14-29(22,28)7/h19-24,33H,1,8-17H2,2-7H3,(H,31,32)/t19-,20+,21-,22+,23-,24+,27-,28+,29+,30-/m0/s1. The third kappa shape index (κ3) is 2.82. The molecule has 0 aliphatic heterocycles. The summed E-state index contributed by atoms with van der Waals surface area (Å²) in [7, 11) is 0. The van der Waals surface area contributed by atoms with Crippen LogP contribution in [0.3, 0.4) is 0 Å². The molecule has 0 spiro atoms. The Bertz CT molecular complexity index is 879. The van der Waals surface area contributed by atoms with Crippen molar-refractivity contribution in [3.63, 3.8) is 0 Å². The van der Waals surface area contributed by atoms with E-state index in [1.807, 2.05) is 0 Å². The molecule has 0 unspecified atom stereocenters. The van der Waals surface area contributed by atoms with Gasteiger partial charge in [0, 0.05) is 0 Å². The summed E-state index contributed by atoms with van der Waals surface area (Å²) in [4.78, 5) is 17.8. The monoisotopic (exact) mass is 472 g/mol. The molecule has 0 bridgehead atoms. The third-order valence-corrected chi connectivity index (χ3v) is 13.6. The molecule has 5 rings (SSSR count). The molecule has 0 aromatic heterocycles. The van der Waals surface area contributed by atoms with E-state index >= 15 is 0 Å². The van der Waals surface area contributed by atoms with Crippen LogP contribution in [0.5, 0.6) is 0 Å². The van der Waals surface area contributed by atoms with E-state index < -0.39 is 11.4 Å². The number of allylic oxidation sites excluding steroid dienone is 1. The summed E-state index contributed by atoms with van der Waals surface area (Å²) in [5.74, 6) is 1.69. The van der Waals surface area contributed by atoms with Crippen LogP contribution in [0.4, 0.5) is 0 Å². The number of carbonyl (C=O) groups is 1. The summed E-state index contributed by atoms with van der Waals surface area (Å²) in [6.45, 7) is 18.8. The van der Waals surface area contributed by atoms with Crippen molar-refractivity contribution in [3.8, 4) is 0 Å². The molecule has 0 heterocycles. The van der Waals surface area contributed by atoms with Gasteiger partial charge >= 0.3 is 5.97 Å². The summed E-state index contributed by atoms with van der Waals surface area (Å²) < 4.78 is 0. The van der Waals surface area contributed by atoms with Gasteiger partial charge in [-0.2, -0.15) is 0 Å². The van der Waals surface area contributed by atoms with Crippen molar-refractivity contribution in [3.05, 3.63) is 12.2 Å². The minimum atomic E-state index is -0.546. The molecular formula is C30H48O4. The summed E-state index contributed by atoms with van der Waals surface area (Å²) in [6.07, 6.45) is 10.4. The fourth-order valence-corrected chi connectivity index (χ4v) is 11.7. The second kappa shape index (κ2) is 7.57. The molecule has 0 aromatic carbocycles. The quantitative estimate of drug-likeness (QED) is 0.252. The number of fused-ring (bicyclic) bond motifs is 7. The van der Waals surface area contributed by atoms with Crippen LogP contribution in [-0.4, -0.2) is 22.4 Å². The van der Waals surface area contributed by atoms with Crippen LogP contribution in [0.1, 0.15) is 106 Å². The SMILES string of the molecule is C=C(C)[C@@H]1CC[C@]2(C(=O)O)CC[C@]3(C)[C@H](CC[C@@H]4[C@@]5(C)CC[C@H](OO)C(C)(C)[C@@H]5CC[C@]43C)[C@@H]12. The first-order valence-electron chi connectivity index (χ1n) is 14.0. The molecule has 4 nitrogen and oxygen atoms in total. The molecule has 10 atom stereocenters. The maximum absolute atomic E-state index is 12.8. The zero-order valence-electron chi connectivity index (χ0n) is 22.5. The van der Waals surface area contributed by atoms with Gasteiger partial charge in [0.2, 0.25) is 0 Å². The lowest BCUT2D eigenvalue weighted by atomic mass is 9.32. The number of rotatable bonds is 3. The lowest BCUT2D eigenvalue weighted by Crippen LogP contribution is -2.67. The number of hydrogen-bond acceptors (Lipinski definition) is 3. The second-order valence-corrected chi connectivity index (χ2v) is 14.6. The predicted octanol–water partition coefficient (Wildman–Crippen LogP) is 7.59. The molecule has 34 heavy (non-hydrogen) atoms. The van der Waals surface area contributed by atoms with E-state index in [2.05, 4.69) is 48.1 Å². The first-order valence-corrected chi connectivity index (χ1v) is 14.0. The van der Waals surface area contributed by atoms with Crippen molar-refractivity contribution in [1.29, 1.82) is 0 Å². The Balaban J connectivity index is 1.55. The zero-order chi connectivity index (χ0) is 24.9. The van der Waals surface area contributed by atoms with Crippen molar-refractivity contribution in [2.75, 3.05) is 0 Å². The van der Waals surface area contributed by atoms with Crippen molar-refractivity contribution < 1.29 is 20.0 Å². The average molecular weight is 473 g/mol. The van der Waals surface area contributed by atoms with Crippen LogP contribution in [-0.2, 0) is 9.68 Å². The van der Waals surface area contributed by atoms with Crippen LogP contribution in [0.15, 0.2) is 12.2 Å². The average Bonchev–Trinajstić information content (AvgIpc) is 3.15. The maximum atomic E-state index is 12.8. The topological polar surface area (TPSA) is 66.8 Å². The molecule has 0 saturated heterocycles. The highest BCUT2D eigenvalue weighted by atomic mass is 17.1. The van der Waals surface area contributed by atoms with Crippen LogP contribution in [0.2, 0.25) is 0 Å². The van der Waals surface area contributed by atoms with E-state index in [-0.39, 0.29) is 33.7 Å². The first kappa shape index (κ1) is 24.8. The maximum Gasteiger partial charge on any atom is 0.309 e. The fourth-order valence-electron chi connectivity index (χ4n) is 11.7. The van der Waals surface area contributed by atoms with E-state index in [4.69, 9.17) is 4.89 Å². The van der Waals surface area contributed by atoms with E-state index in [1.54, 1.807) is 0 Å². The molecular weight excluding hydrogens is 424 g/mol. The molecule has 0 radical (unpaired) electrons. The Hall–Kier alpha value is -0.870. The normalized spacial score (nSPS) is 53.7. The van der Waals surface area contributed by atoms with Gasteiger partial charge in [-0.15, -0.1) is 0 Å². The van der Waals surface area contributed by atoms with Gasteiger partial charge in [-0.25, -0.2) is 4.89 Å². The predicted molar refractivity (Wildman–Crippen MR) is 134 cm³/mol. The van der Waals surface area contributed by atoms with E-state index in [0.29, 0.717) is 23.7 Å². The molecule has 5 aliphatic rings. The third-order valence-electron chi connectivity index (χ3n) is 13.6. The van der Waals surface area contributed by atoms with Crippen molar-refractivity contribution in [1.82, 2.24) is 0 Å². The van der Waals surface area contributed by atoms with Gasteiger partial charge in [-0.05, 0) is 122 Å². The smallest absolute Gasteiger partial charge is 0.309 e. The lowest BCUT2D eigenvalue weighted by molar-refractivity contribution is -0.333. The largest absolute Gasteiger partial charge is 0.481 e. The number of hydrogen-bond donors (Lipinski definition) is 2. The van der Waals surface area contributed by atoms with Crippen molar-refractivity contribution in [2.45, 2.75) is 112 Å².